The van der Waals surface area contributed by atoms with Crippen LogP contribution in [0.3, 0.4) is 0 Å². The Morgan fingerprint density at radius 1 is 0.968 bits per heavy atom. The maximum Gasteiger partial charge on any atom is 0.256 e. The predicted octanol–water partition coefficient (Wildman–Crippen LogP) is 6.26. The van der Waals surface area contributed by atoms with E-state index in [1.807, 2.05) is 17.0 Å². The third kappa shape index (κ3) is 4.39. The highest BCUT2D eigenvalue weighted by molar-refractivity contribution is 6.08. The average molecular weight is 419 g/mol. The first-order chi connectivity index (χ1) is 15.1. The number of carbonyl (C=O) groups excluding carboxylic acids is 1. The predicted molar refractivity (Wildman–Crippen MR) is 126 cm³/mol. The van der Waals surface area contributed by atoms with Crippen molar-refractivity contribution in [1.82, 2.24) is 4.90 Å². The smallest absolute Gasteiger partial charge is 0.256 e. The van der Waals surface area contributed by atoms with Gasteiger partial charge in [0.05, 0.1) is 6.54 Å². The molecule has 2 aliphatic rings. The molecule has 4 nitrogen and oxygen atoms in total. The largest absolute Gasteiger partial charge is 0.508 e. The lowest BCUT2D eigenvalue weighted by Crippen LogP contribution is -2.40. The maximum absolute atomic E-state index is 13.3. The van der Waals surface area contributed by atoms with Crippen LogP contribution in [0.25, 0.3) is 11.1 Å². The molecular weight excluding hydrogens is 384 g/mol. The van der Waals surface area contributed by atoms with Crippen LogP contribution in [0.1, 0.15) is 76.3 Å². The summed E-state index contributed by atoms with van der Waals surface area (Å²) in [4.78, 5) is 20.2. The van der Waals surface area contributed by atoms with Gasteiger partial charge in [0.2, 0.25) is 0 Å². The SMILES string of the molecule is CCCCC1=NC2(CCCC2)C(=O)N1Cc1ccc(-c2ccc(CCC)c(O)c2)cc1. The quantitative estimate of drug-likeness (QED) is 0.550. The lowest BCUT2D eigenvalue weighted by atomic mass is 9.97. The average Bonchev–Trinajstić information content (AvgIpc) is 3.35. The molecule has 1 amide bonds. The Hall–Kier alpha value is -2.62. The monoisotopic (exact) mass is 418 g/mol. The molecular formula is C27H34N2O2. The molecule has 0 aromatic heterocycles. The minimum Gasteiger partial charge on any atom is -0.508 e. The number of hydrogen-bond donors (Lipinski definition) is 1. The van der Waals surface area contributed by atoms with Gasteiger partial charge < -0.3 is 5.11 Å². The molecule has 0 unspecified atom stereocenters. The molecule has 1 fully saturated rings. The minimum atomic E-state index is -0.471. The summed E-state index contributed by atoms with van der Waals surface area (Å²) in [6.07, 6.45) is 8.95. The number of aliphatic imine (C=N–C) groups is 1. The van der Waals surface area contributed by atoms with Crippen molar-refractivity contribution in [3.05, 3.63) is 53.6 Å². The van der Waals surface area contributed by atoms with Gasteiger partial charge in [0, 0.05) is 6.42 Å². The second kappa shape index (κ2) is 9.25. The Morgan fingerprint density at radius 3 is 2.32 bits per heavy atom. The summed E-state index contributed by atoms with van der Waals surface area (Å²) in [7, 11) is 0. The zero-order valence-electron chi connectivity index (χ0n) is 18.9. The van der Waals surface area contributed by atoms with E-state index in [-0.39, 0.29) is 5.91 Å². The molecule has 1 aliphatic carbocycles. The van der Waals surface area contributed by atoms with Gasteiger partial charge in [0.1, 0.15) is 17.1 Å². The van der Waals surface area contributed by atoms with E-state index in [0.29, 0.717) is 12.3 Å². The Kier molecular flexibility index (Phi) is 6.45. The van der Waals surface area contributed by atoms with Gasteiger partial charge >= 0.3 is 0 Å². The van der Waals surface area contributed by atoms with Crippen molar-refractivity contribution >= 4 is 11.7 Å². The van der Waals surface area contributed by atoms with Crippen LogP contribution in [0.15, 0.2) is 47.5 Å². The van der Waals surface area contributed by atoms with Crippen molar-refractivity contribution in [2.24, 2.45) is 4.99 Å². The number of rotatable bonds is 8. The van der Waals surface area contributed by atoms with Crippen LogP contribution < -0.4 is 0 Å². The van der Waals surface area contributed by atoms with Gasteiger partial charge in [-0.25, -0.2) is 0 Å². The number of amides is 1. The summed E-state index contributed by atoms with van der Waals surface area (Å²) in [6.45, 7) is 4.88. The van der Waals surface area contributed by atoms with Crippen LogP contribution in [0.5, 0.6) is 5.75 Å². The highest BCUT2D eigenvalue weighted by Gasteiger charge is 2.49. The second-order valence-electron chi connectivity index (χ2n) is 9.05. The number of aryl methyl sites for hydroxylation is 1. The number of phenols is 1. The van der Waals surface area contributed by atoms with Gasteiger partial charge in [-0.3, -0.25) is 14.7 Å². The number of aromatic hydroxyl groups is 1. The van der Waals surface area contributed by atoms with E-state index < -0.39 is 5.54 Å². The fourth-order valence-corrected chi connectivity index (χ4v) is 4.91. The fraction of sp³-hybridized carbons (Fsp3) is 0.481. The van der Waals surface area contributed by atoms with Crippen molar-refractivity contribution in [2.45, 2.75) is 83.7 Å². The lowest BCUT2D eigenvalue weighted by molar-refractivity contribution is -0.131. The third-order valence-corrected chi connectivity index (χ3v) is 6.72. The maximum atomic E-state index is 13.3. The lowest BCUT2D eigenvalue weighted by Gasteiger charge is -2.23. The zero-order chi connectivity index (χ0) is 21.8. The standard InChI is InChI=1S/C27H34N2O2/c1-3-5-9-25-28-27(16-6-7-17-27)26(31)29(25)19-20-10-12-21(13-11-20)23-15-14-22(8-4-2)24(30)18-23/h10-15,18,30H,3-9,16-17,19H2,1-2H3. The van der Waals surface area contributed by atoms with Gasteiger partial charge in [-0.15, -0.1) is 0 Å². The van der Waals surface area contributed by atoms with Gasteiger partial charge in [0.15, 0.2) is 0 Å². The number of unbranched alkanes of at least 4 members (excludes halogenated alkanes) is 1. The fourth-order valence-electron chi connectivity index (χ4n) is 4.91. The molecule has 1 aliphatic heterocycles. The molecule has 2 aromatic rings. The van der Waals surface area contributed by atoms with Crippen LogP contribution >= 0.6 is 0 Å². The van der Waals surface area contributed by atoms with E-state index in [9.17, 15) is 9.90 Å². The van der Waals surface area contributed by atoms with Crippen LogP contribution in [0.4, 0.5) is 0 Å². The molecule has 0 radical (unpaired) electrons. The molecule has 0 atom stereocenters. The molecule has 31 heavy (non-hydrogen) atoms. The van der Waals surface area contributed by atoms with Crippen LogP contribution in [-0.4, -0.2) is 27.3 Å². The van der Waals surface area contributed by atoms with Crippen molar-refractivity contribution in [3.63, 3.8) is 0 Å². The topological polar surface area (TPSA) is 52.9 Å². The summed E-state index contributed by atoms with van der Waals surface area (Å²) in [5, 5.41) is 10.3. The Balaban J connectivity index is 1.51. The molecule has 4 rings (SSSR count). The second-order valence-corrected chi connectivity index (χ2v) is 9.05. The van der Waals surface area contributed by atoms with E-state index in [2.05, 4.69) is 44.2 Å². The van der Waals surface area contributed by atoms with Gasteiger partial charge in [-0.1, -0.05) is 75.9 Å². The normalized spacial score (nSPS) is 17.5. The van der Waals surface area contributed by atoms with Crippen LogP contribution in [0, 0.1) is 0 Å². The molecule has 1 saturated carbocycles. The van der Waals surface area contributed by atoms with E-state index >= 15 is 0 Å². The van der Waals surface area contributed by atoms with E-state index in [0.717, 1.165) is 85.9 Å². The molecule has 2 aromatic carbocycles. The molecule has 1 spiro atoms. The first-order valence-corrected chi connectivity index (χ1v) is 11.9. The summed E-state index contributed by atoms with van der Waals surface area (Å²) < 4.78 is 0. The Bertz CT molecular complexity index is 956. The number of phenolic OH excluding ortho intramolecular Hbond substituents is 1. The van der Waals surface area contributed by atoms with Crippen molar-refractivity contribution in [3.8, 4) is 16.9 Å². The number of amidine groups is 1. The van der Waals surface area contributed by atoms with Crippen molar-refractivity contribution in [1.29, 1.82) is 0 Å². The van der Waals surface area contributed by atoms with Gasteiger partial charge in [-0.05, 0) is 54.0 Å². The van der Waals surface area contributed by atoms with Gasteiger partial charge in [0.25, 0.3) is 5.91 Å². The minimum absolute atomic E-state index is 0.205. The Morgan fingerprint density at radius 2 is 1.68 bits per heavy atom. The molecule has 1 N–H and O–H groups in total. The first-order valence-electron chi connectivity index (χ1n) is 11.9. The van der Waals surface area contributed by atoms with Crippen LogP contribution in [-0.2, 0) is 17.8 Å². The van der Waals surface area contributed by atoms with Crippen molar-refractivity contribution in [2.75, 3.05) is 0 Å². The molecule has 0 saturated heterocycles. The number of carbonyl (C=O) groups is 1. The Labute approximate surface area is 186 Å². The molecule has 0 bridgehead atoms. The van der Waals surface area contributed by atoms with E-state index in [4.69, 9.17) is 4.99 Å². The summed E-state index contributed by atoms with van der Waals surface area (Å²) >= 11 is 0. The van der Waals surface area contributed by atoms with Gasteiger partial charge in [-0.2, -0.15) is 0 Å². The number of hydrogen-bond acceptors (Lipinski definition) is 3. The summed E-state index contributed by atoms with van der Waals surface area (Å²) in [5.41, 5.74) is 3.72. The highest BCUT2D eigenvalue weighted by atomic mass is 16.3. The first kappa shape index (κ1) is 21.6. The molecule has 1 heterocycles. The van der Waals surface area contributed by atoms with Crippen LogP contribution in [0.2, 0.25) is 0 Å². The van der Waals surface area contributed by atoms with Crippen molar-refractivity contribution < 1.29 is 9.90 Å². The summed E-state index contributed by atoms with van der Waals surface area (Å²) in [5.74, 6) is 1.55. The molecule has 164 valence electrons. The number of benzene rings is 2. The van der Waals surface area contributed by atoms with E-state index in [1.165, 1.54) is 0 Å². The molecule has 4 heteroatoms. The zero-order valence-corrected chi connectivity index (χ0v) is 18.9. The summed E-state index contributed by atoms with van der Waals surface area (Å²) in [6, 6.07) is 14.3. The number of nitrogens with zero attached hydrogens (tertiary/aromatic N) is 2. The van der Waals surface area contributed by atoms with E-state index in [1.54, 1.807) is 0 Å². The highest BCUT2D eigenvalue weighted by Crippen LogP contribution is 2.40. The third-order valence-electron chi connectivity index (χ3n) is 6.72.